The van der Waals surface area contributed by atoms with Crippen molar-refractivity contribution < 1.29 is 69.0 Å². The number of nitrogens with zero attached hydrogens (tertiary/aromatic N) is 1. The lowest BCUT2D eigenvalue weighted by Gasteiger charge is -2.48. The van der Waals surface area contributed by atoms with Gasteiger partial charge in [-0.3, -0.25) is 5.32 Å². The SMILES string of the molecule is C=C[C@H]1[C@H](O[C@@H]2O[C@H](CO)[C@@H](O)C(O)(O)[C@H]2OCNC)OC=C(C(=O)OC2CCCCC2)[C@@]1(O)/C=C\C1=CC(C(=O)O)=CN(CCO)C1. The van der Waals surface area contributed by atoms with Gasteiger partial charge in [0.2, 0.25) is 12.1 Å². The van der Waals surface area contributed by atoms with Crippen molar-refractivity contribution in [3.63, 3.8) is 0 Å². The molecule has 16 heteroatoms. The van der Waals surface area contributed by atoms with Gasteiger partial charge in [0.05, 0.1) is 31.4 Å². The molecule has 1 saturated heterocycles. The van der Waals surface area contributed by atoms with E-state index in [-0.39, 0.29) is 43.7 Å². The number of rotatable bonds is 14. The van der Waals surface area contributed by atoms with Crippen LogP contribution in [-0.2, 0) is 33.3 Å². The Hall–Kier alpha value is -3.16. The van der Waals surface area contributed by atoms with Gasteiger partial charge in [0.1, 0.15) is 35.7 Å². The second-order valence-corrected chi connectivity index (χ2v) is 12.1. The van der Waals surface area contributed by atoms with E-state index < -0.39 is 66.7 Å². The molecule has 0 aromatic carbocycles. The fraction of sp³-hybridized carbons (Fsp3) is 0.625. The van der Waals surface area contributed by atoms with Crippen molar-refractivity contribution in [3.05, 3.63) is 60.1 Å². The monoisotopic (exact) mass is 682 g/mol. The molecule has 48 heavy (non-hydrogen) atoms. The first-order chi connectivity index (χ1) is 22.9. The average molecular weight is 683 g/mol. The van der Waals surface area contributed by atoms with Crippen LogP contribution in [0, 0.1) is 5.92 Å². The molecule has 0 aromatic rings. The van der Waals surface area contributed by atoms with E-state index in [0.29, 0.717) is 18.4 Å². The second-order valence-electron chi connectivity index (χ2n) is 12.1. The number of β-amino-alcohol motifs (C(OH)–C–C–N with tert-alkyl or cyclic N) is 1. The maximum Gasteiger partial charge on any atom is 0.340 e. The van der Waals surface area contributed by atoms with E-state index in [2.05, 4.69) is 11.9 Å². The van der Waals surface area contributed by atoms with Gasteiger partial charge >= 0.3 is 11.9 Å². The van der Waals surface area contributed by atoms with Crippen molar-refractivity contribution in [2.24, 2.45) is 5.92 Å². The molecule has 0 radical (unpaired) electrons. The van der Waals surface area contributed by atoms with Gasteiger partial charge in [-0.15, -0.1) is 6.58 Å². The summed E-state index contributed by atoms with van der Waals surface area (Å²) in [5.74, 6) is -6.34. The van der Waals surface area contributed by atoms with E-state index in [4.69, 9.17) is 23.7 Å². The number of ether oxygens (including phenoxy) is 5. The summed E-state index contributed by atoms with van der Waals surface area (Å²) < 4.78 is 28.6. The Morgan fingerprint density at radius 3 is 2.52 bits per heavy atom. The van der Waals surface area contributed by atoms with Gasteiger partial charge in [-0.05, 0) is 50.5 Å². The number of carbonyl (C=O) groups excluding carboxylic acids is 1. The van der Waals surface area contributed by atoms with Crippen LogP contribution in [0.4, 0.5) is 0 Å². The van der Waals surface area contributed by atoms with E-state index in [0.717, 1.165) is 25.5 Å². The third kappa shape index (κ3) is 8.34. The Labute approximate surface area is 277 Å². The van der Waals surface area contributed by atoms with Gasteiger partial charge in [-0.25, -0.2) is 9.59 Å². The zero-order chi connectivity index (χ0) is 35.1. The van der Waals surface area contributed by atoms with Gasteiger partial charge < -0.3 is 64.3 Å². The molecule has 1 aliphatic carbocycles. The molecule has 1 saturated carbocycles. The summed E-state index contributed by atoms with van der Waals surface area (Å²) in [7, 11) is 1.52. The second kappa shape index (κ2) is 16.5. The normalized spacial score (nSPS) is 32.6. The lowest BCUT2D eigenvalue weighted by molar-refractivity contribution is -0.412. The quantitative estimate of drug-likeness (QED) is 0.0606. The molecule has 0 unspecified atom stereocenters. The lowest BCUT2D eigenvalue weighted by Crippen LogP contribution is -2.69. The third-order valence-corrected chi connectivity index (χ3v) is 8.70. The highest BCUT2D eigenvalue weighted by atomic mass is 16.8. The average Bonchev–Trinajstić information content (AvgIpc) is 3.06. The number of nitrogens with one attached hydrogen (secondary N) is 1. The molecule has 3 aliphatic heterocycles. The first-order valence-corrected chi connectivity index (χ1v) is 15.8. The minimum atomic E-state index is -2.96. The molecular weight excluding hydrogens is 636 g/mol. The highest BCUT2D eigenvalue weighted by molar-refractivity contribution is 5.92. The summed E-state index contributed by atoms with van der Waals surface area (Å²) in [4.78, 5) is 27.0. The maximum absolute atomic E-state index is 13.6. The van der Waals surface area contributed by atoms with Crippen LogP contribution in [0.25, 0.3) is 0 Å². The number of hydrogen-bond donors (Lipinski definition) is 8. The Kier molecular flexibility index (Phi) is 12.9. The first kappa shape index (κ1) is 37.7. The van der Waals surface area contributed by atoms with Crippen LogP contribution in [-0.4, -0.2) is 141 Å². The Balaban J connectivity index is 1.70. The molecule has 3 heterocycles. The number of aliphatic hydroxyl groups is 6. The van der Waals surface area contributed by atoms with E-state index >= 15 is 0 Å². The van der Waals surface area contributed by atoms with Crippen LogP contribution in [0.15, 0.2) is 60.1 Å². The number of aliphatic hydroxyl groups excluding tert-OH is 3. The topological polar surface area (TPSA) is 237 Å². The van der Waals surface area contributed by atoms with Crippen molar-refractivity contribution in [1.29, 1.82) is 0 Å². The molecule has 2 fully saturated rings. The van der Waals surface area contributed by atoms with Crippen molar-refractivity contribution in [1.82, 2.24) is 10.2 Å². The smallest absolute Gasteiger partial charge is 0.340 e. The first-order valence-electron chi connectivity index (χ1n) is 15.8. The molecule has 4 aliphatic rings. The molecule has 8 N–H and O–H groups in total. The third-order valence-electron chi connectivity index (χ3n) is 8.70. The Morgan fingerprint density at radius 1 is 1.17 bits per heavy atom. The zero-order valence-corrected chi connectivity index (χ0v) is 26.7. The zero-order valence-electron chi connectivity index (χ0n) is 26.7. The highest BCUT2D eigenvalue weighted by Crippen LogP contribution is 2.41. The van der Waals surface area contributed by atoms with Crippen LogP contribution < -0.4 is 5.32 Å². The highest BCUT2D eigenvalue weighted by Gasteiger charge is 2.58. The summed E-state index contributed by atoms with van der Waals surface area (Å²) in [5, 5.41) is 75.9. The molecule has 0 amide bonds. The van der Waals surface area contributed by atoms with Gasteiger partial charge in [-0.2, -0.15) is 0 Å². The fourth-order valence-electron chi connectivity index (χ4n) is 6.12. The van der Waals surface area contributed by atoms with Gasteiger partial charge in [-0.1, -0.05) is 18.6 Å². The molecule has 0 bridgehead atoms. The number of hydrogen-bond acceptors (Lipinski definition) is 15. The van der Waals surface area contributed by atoms with Crippen molar-refractivity contribution in [2.75, 3.05) is 40.1 Å². The van der Waals surface area contributed by atoms with Crippen LogP contribution in [0.1, 0.15) is 32.1 Å². The van der Waals surface area contributed by atoms with Crippen molar-refractivity contribution >= 4 is 11.9 Å². The predicted octanol–water partition coefficient (Wildman–Crippen LogP) is -1.27. The van der Waals surface area contributed by atoms with E-state index in [1.54, 1.807) is 4.90 Å². The van der Waals surface area contributed by atoms with Crippen LogP contribution in [0.2, 0.25) is 0 Å². The van der Waals surface area contributed by atoms with Crippen LogP contribution in [0.5, 0.6) is 0 Å². The predicted molar refractivity (Wildman–Crippen MR) is 165 cm³/mol. The Bertz CT molecular complexity index is 1280. The number of aliphatic carboxylic acids is 1. The fourth-order valence-corrected chi connectivity index (χ4v) is 6.12. The molecule has 268 valence electrons. The maximum atomic E-state index is 13.6. The Morgan fingerprint density at radius 2 is 1.90 bits per heavy atom. The molecule has 7 atom stereocenters. The summed E-state index contributed by atoms with van der Waals surface area (Å²) in [5.41, 5.74) is -2.20. The number of carboxylic acids is 1. The molecule has 4 rings (SSSR count). The molecule has 16 nitrogen and oxygen atoms in total. The minimum Gasteiger partial charge on any atom is -0.478 e. The van der Waals surface area contributed by atoms with Gasteiger partial charge in [0.25, 0.3) is 0 Å². The van der Waals surface area contributed by atoms with Crippen LogP contribution >= 0.6 is 0 Å². The summed E-state index contributed by atoms with van der Waals surface area (Å²) in [6, 6.07) is 0. The molecule has 0 spiro atoms. The van der Waals surface area contributed by atoms with Crippen molar-refractivity contribution in [3.8, 4) is 0 Å². The largest absolute Gasteiger partial charge is 0.478 e. The minimum absolute atomic E-state index is 0.0681. The summed E-state index contributed by atoms with van der Waals surface area (Å²) in [6.45, 7) is 2.83. The summed E-state index contributed by atoms with van der Waals surface area (Å²) in [6.07, 6.45) is 2.88. The van der Waals surface area contributed by atoms with Gasteiger partial charge in [0, 0.05) is 19.3 Å². The standard InChI is InChI=1S/C32H46N2O14/c1-3-22-29(48-30-26(45-18-33-2)32(42,43)25(37)24(16-36)47-30)44-17-23(28(40)46-21-7-5-4-6-8-21)31(22,41)10-9-19-13-20(27(38)39)15-34(14-19)11-12-35/h3,9-10,13,15,17,21-22,24-26,29-30,33,35-37,41-43H,1,4-8,11-12,14,16,18H2,2H3,(H,38,39)/b10-9-/t22-,24+,25+,26-,29-,30-,31+/m0/s1. The lowest BCUT2D eigenvalue weighted by atomic mass is 9.78. The van der Waals surface area contributed by atoms with Gasteiger partial charge in [0.15, 0.2) is 12.4 Å². The number of carboxylic acid groups (broad SMARTS) is 1. The molecular formula is C32H46N2O14. The van der Waals surface area contributed by atoms with Crippen molar-refractivity contribution in [2.45, 2.75) is 80.5 Å². The van der Waals surface area contributed by atoms with E-state index in [1.165, 1.54) is 37.6 Å². The number of esters is 1. The number of carbonyl (C=O) groups is 2. The van der Waals surface area contributed by atoms with Crippen LogP contribution in [0.3, 0.4) is 0 Å². The molecule has 0 aromatic heterocycles. The van der Waals surface area contributed by atoms with E-state index in [9.17, 15) is 45.3 Å². The van der Waals surface area contributed by atoms with E-state index in [1.807, 2.05) is 0 Å². The summed E-state index contributed by atoms with van der Waals surface area (Å²) >= 11 is 0.